The van der Waals surface area contributed by atoms with Crippen molar-refractivity contribution in [2.24, 2.45) is 0 Å². The Morgan fingerprint density at radius 3 is 2.50 bits per heavy atom. The third kappa shape index (κ3) is 4.53. The lowest BCUT2D eigenvalue weighted by atomic mass is 10.3. The highest BCUT2D eigenvalue weighted by Crippen LogP contribution is 2.21. The summed E-state index contributed by atoms with van der Waals surface area (Å²) in [4.78, 5) is 19.9. The van der Waals surface area contributed by atoms with Crippen LogP contribution in [-0.2, 0) is 16.6 Å². The molecule has 158 valence electrons. The number of hydrogen-bond acceptors (Lipinski definition) is 7. The summed E-state index contributed by atoms with van der Waals surface area (Å²) < 4.78 is 39.8. The number of carbonyl (C=O) groups excluding carboxylic acids is 1. The first kappa shape index (κ1) is 20.9. The molecule has 11 heteroatoms. The minimum absolute atomic E-state index is 0.0460. The Morgan fingerprint density at radius 2 is 1.83 bits per heavy atom. The Balaban J connectivity index is 1.34. The molecule has 0 atom stereocenters. The number of piperazine rings is 1. The van der Waals surface area contributed by atoms with E-state index in [1.807, 2.05) is 17.5 Å². The second-order valence-electron chi connectivity index (χ2n) is 6.62. The number of rotatable bonds is 6. The molecule has 0 aliphatic carbocycles. The molecule has 4 rings (SSSR count). The molecule has 1 aliphatic heterocycles. The molecular weight excluding hydrogens is 447 g/mol. The van der Waals surface area contributed by atoms with Crippen LogP contribution < -0.4 is 5.32 Å². The number of nitrogens with one attached hydrogen (secondary N) is 1. The molecule has 0 spiro atoms. The number of aromatic nitrogens is 1. The molecule has 1 aromatic carbocycles. The predicted octanol–water partition coefficient (Wildman–Crippen LogP) is 3.10. The average Bonchev–Trinajstić information content (AvgIpc) is 3.44. The molecule has 3 heterocycles. The molecule has 1 saturated heterocycles. The van der Waals surface area contributed by atoms with Crippen molar-refractivity contribution in [3.63, 3.8) is 0 Å². The highest BCUT2D eigenvalue weighted by molar-refractivity contribution is 7.89. The SMILES string of the molecule is O=C(c1csc(NCc2cccs2)n1)N1CCN(S(=O)(=O)c2ccc(F)cc2)CC1. The number of amides is 1. The summed E-state index contributed by atoms with van der Waals surface area (Å²) in [5.41, 5.74) is 0.350. The third-order valence-corrected chi connectivity index (χ3v) is 8.28. The smallest absolute Gasteiger partial charge is 0.273 e. The Labute approximate surface area is 181 Å². The fraction of sp³-hybridized carbons (Fsp3) is 0.263. The number of benzene rings is 1. The number of nitrogens with zero attached hydrogens (tertiary/aromatic N) is 3. The highest BCUT2D eigenvalue weighted by Gasteiger charge is 2.31. The topological polar surface area (TPSA) is 82.6 Å². The minimum Gasteiger partial charge on any atom is -0.357 e. The highest BCUT2D eigenvalue weighted by atomic mass is 32.2. The van der Waals surface area contributed by atoms with Crippen molar-refractivity contribution >= 4 is 43.7 Å². The lowest BCUT2D eigenvalue weighted by Gasteiger charge is -2.33. The maximum atomic E-state index is 13.1. The number of anilines is 1. The van der Waals surface area contributed by atoms with Gasteiger partial charge in [0.25, 0.3) is 5.91 Å². The van der Waals surface area contributed by atoms with E-state index in [0.29, 0.717) is 17.4 Å². The first-order valence-corrected chi connectivity index (χ1v) is 12.4. The molecule has 1 N–H and O–H groups in total. The zero-order chi connectivity index (χ0) is 21.1. The van der Waals surface area contributed by atoms with Gasteiger partial charge in [-0.2, -0.15) is 4.31 Å². The maximum Gasteiger partial charge on any atom is 0.273 e. The molecule has 0 bridgehead atoms. The Bertz CT molecular complexity index is 1110. The zero-order valence-electron chi connectivity index (χ0n) is 15.8. The van der Waals surface area contributed by atoms with Crippen molar-refractivity contribution in [1.29, 1.82) is 0 Å². The van der Waals surface area contributed by atoms with Crippen molar-refractivity contribution < 1.29 is 17.6 Å². The molecule has 7 nitrogen and oxygen atoms in total. The normalized spacial score (nSPS) is 15.3. The van der Waals surface area contributed by atoms with E-state index in [1.165, 1.54) is 32.7 Å². The molecule has 3 aromatic rings. The van der Waals surface area contributed by atoms with Gasteiger partial charge in [0.15, 0.2) is 5.13 Å². The molecule has 30 heavy (non-hydrogen) atoms. The Kier molecular flexibility index (Phi) is 6.14. The van der Waals surface area contributed by atoms with Gasteiger partial charge in [0.1, 0.15) is 11.5 Å². The van der Waals surface area contributed by atoms with Crippen LogP contribution in [0, 0.1) is 5.82 Å². The number of sulfonamides is 1. The first-order valence-electron chi connectivity index (χ1n) is 9.20. The molecule has 0 saturated carbocycles. The van der Waals surface area contributed by atoms with Crippen LogP contribution in [0.1, 0.15) is 15.4 Å². The first-order chi connectivity index (χ1) is 14.4. The van der Waals surface area contributed by atoms with Gasteiger partial charge in [0.05, 0.1) is 11.4 Å². The maximum absolute atomic E-state index is 13.1. The summed E-state index contributed by atoms with van der Waals surface area (Å²) in [5.74, 6) is -0.703. The summed E-state index contributed by atoms with van der Waals surface area (Å²) in [7, 11) is -3.71. The van der Waals surface area contributed by atoms with Crippen LogP contribution in [0.3, 0.4) is 0 Å². The number of hydrogen-bond donors (Lipinski definition) is 1. The van der Waals surface area contributed by atoms with E-state index in [9.17, 15) is 17.6 Å². The van der Waals surface area contributed by atoms with Gasteiger partial charge in [-0.3, -0.25) is 4.79 Å². The van der Waals surface area contributed by atoms with Gasteiger partial charge < -0.3 is 10.2 Å². The van der Waals surface area contributed by atoms with E-state index in [0.717, 1.165) is 12.1 Å². The Morgan fingerprint density at radius 1 is 1.10 bits per heavy atom. The summed E-state index contributed by atoms with van der Waals surface area (Å²) >= 11 is 3.01. The molecule has 0 unspecified atom stereocenters. The van der Waals surface area contributed by atoms with E-state index in [1.54, 1.807) is 21.6 Å². The van der Waals surface area contributed by atoms with E-state index in [4.69, 9.17) is 0 Å². The number of thiazole rings is 1. The molecule has 1 amide bonds. The van der Waals surface area contributed by atoms with Crippen molar-refractivity contribution in [3.05, 3.63) is 63.5 Å². The Hall–Kier alpha value is -2.34. The van der Waals surface area contributed by atoms with Crippen molar-refractivity contribution in [3.8, 4) is 0 Å². The van der Waals surface area contributed by atoms with Gasteiger partial charge in [0, 0.05) is 36.4 Å². The van der Waals surface area contributed by atoms with E-state index in [-0.39, 0.29) is 37.0 Å². The van der Waals surface area contributed by atoms with Crippen LogP contribution in [0.4, 0.5) is 9.52 Å². The predicted molar refractivity (Wildman–Crippen MR) is 115 cm³/mol. The quantitative estimate of drug-likeness (QED) is 0.604. The second-order valence-corrected chi connectivity index (χ2v) is 10.4. The van der Waals surface area contributed by atoms with Crippen LogP contribution in [0.15, 0.2) is 52.1 Å². The average molecular weight is 467 g/mol. The number of thiophene rings is 1. The van der Waals surface area contributed by atoms with Crippen LogP contribution in [-0.4, -0.2) is 54.7 Å². The lowest BCUT2D eigenvalue weighted by Crippen LogP contribution is -2.50. The summed E-state index contributed by atoms with van der Waals surface area (Å²) in [6.45, 7) is 1.56. The fourth-order valence-corrected chi connectivity index (χ4v) is 5.83. The van der Waals surface area contributed by atoms with E-state index in [2.05, 4.69) is 10.3 Å². The van der Waals surface area contributed by atoms with Gasteiger partial charge in [-0.05, 0) is 35.7 Å². The number of halogens is 1. The van der Waals surface area contributed by atoms with Gasteiger partial charge in [-0.15, -0.1) is 22.7 Å². The van der Waals surface area contributed by atoms with Crippen molar-refractivity contribution in [2.45, 2.75) is 11.4 Å². The monoisotopic (exact) mass is 466 g/mol. The summed E-state index contributed by atoms with van der Waals surface area (Å²) in [6.07, 6.45) is 0. The van der Waals surface area contributed by atoms with Crippen LogP contribution in [0.5, 0.6) is 0 Å². The zero-order valence-corrected chi connectivity index (χ0v) is 18.3. The molecule has 0 radical (unpaired) electrons. The molecule has 1 fully saturated rings. The van der Waals surface area contributed by atoms with Gasteiger partial charge >= 0.3 is 0 Å². The molecule has 2 aromatic heterocycles. The number of carbonyl (C=O) groups is 1. The minimum atomic E-state index is -3.71. The van der Waals surface area contributed by atoms with E-state index >= 15 is 0 Å². The largest absolute Gasteiger partial charge is 0.357 e. The van der Waals surface area contributed by atoms with Gasteiger partial charge in [0.2, 0.25) is 10.0 Å². The lowest BCUT2D eigenvalue weighted by molar-refractivity contribution is 0.0693. The van der Waals surface area contributed by atoms with Crippen molar-refractivity contribution in [2.75, 3.05) is 31.5 Å². The van der Waals surface area contributed by atoms with Crippen LogP contribution >= 0.6 is 22.7 Å². The summed E-state index contributed by atoms with van der Waals surface area (Å²) in [6, 6.07) is 8.76. The molecule has 1 aliphatic rings. The molecular formula is C19H19FN4O3S3. The van der Waals surface area contributed by atoms with Crippen molar-refractivity contribution in [1.82, 2.24) is 14.2 Å². The third-order valence-electron chi connectivity index (χ3n) is 4.69. The van der Waals surface area contributed by atoms with Crippen LogP contribution in [0.25, 0.3) is 0 Å². The standard InChI is InChI=1S/C19H19FN4O3S3/c20-14-3-5-16(6-4-14)30(26,27)24-9-7-23(8-10-24)18(25)17-13-29-19(22-17)21-12-15-2-1-11-28-15/h1-6,11,13H,7-10,12H2,(H,21,22). The second kappa shape index (κ2) is 8.80. The van der Waals surface area contributed by atoms with Gasteiger partial charge in [-0.1, -0.05) is 6.07 Å². The van der Waals surface area contributed by atoms with E-state index < -0.39 is 15.8 Å². The van der Waals surface area contributed by atoms with Gasteiger partial charge in [-0.25, -0.2) is 17.8 Å². The fourth-order valence-electron chi connectivity index (χ4n) is 3.08. The summed E-state index contributed by atoms with van der Waals surface area (Å²) in [5, 5.41) is 7.59. The van der Waals surface area contributed by atoms with Crippen LogP contribution in [0.2, 0.25) is 0 Å².